The summed E-state index contributed by atoms with van der Waals surface area (Å²) in [4.78, 5) is 12.8. The molecule has 0 spiro atoms. The SMILES string of the molecule is CC(Sc1ccccc1Cl)C(=O)NCC1CC1. The summed E-state index contributed by atoms with van der Waals surface area (Å²) in [6.07, 6.45) is 2.51. The van der Waals surface area contributed by atoms with Crippen molar-refractivity contribution in [2.24, 2.45) is 5.92 Å². The number of carbonyl (C=O) groups is 1. The maximum atomic E-state index is 11.8. The molecule has 92 valence electrons. The lowest BCUT2D eigenvalue weighted by atomic mass is 10.4. The zero-order chi connectivity index (χ0) is 12.3. The fraction of sp³-hybridized carbons (Fsp3) is 0.462. The molecule has 1 saturated carbocycles. The van der Waals surface area contributed by atoms with Crippen molar-refractivity contribution in [3.8, 4) is 0 Å². The molecular formula is C13H16ClNOS. The number of amides is 1. The third kappa shape index (κ3) is 3.93. The molecule has 0 aromatic heterocycles. The van der Waals surface area contributed by atoms with Gasteiger partial charge >= 0.3 is 0 Å². The minimum absolute atomic E-state index is 0.0989. The summed E-state index contributed by atoms with van der Waals surface area (Å²) in [5, 5.41) is 3.59. The van der Waals surface area contributed by atoms with Gasteiger partial charge in [-0.3, -0.25) is 4.79 Å². The Balaban J connectivity index is 1.84. The van der Waals surface area contributed by atoms with Crippen molar-refractivity contribution < 1.29 is 4.79 Å². The lowest BCUT2D eigenvalue weighted by molar-refractivity contribution is -0.120. The first-order valence-electron chi connectivity index (χ1n) is 5.85. The minimum atomic E-state index is -0.103. The molecule has 2 rings (SSSR count). The fourth-order valence-corrected chi connectivity index (χ4v) is 2.67. The van der Waals surface area contributed by atoms with E-state index in [-0.39, 0.29) is 11.2 Å². The summed E-state index contributed by atoms with van der Waals surface area (Å²) >= 11 is 7.56. The van der Waals surface area contributed by atoms with E-state index in [1.165, 1.54) is 24.6 Å². The number of thioether (sulfide) groups is 1. The highest BCUT2D eigenvalue weighted by Gasteiger charge is 2.23. The molecule has 0 radical (unpaired) electrons. The van der Waals surface area contributed by atoms with E-state index in [0.29, 0.717) is 5.02 Å². The molecule has 1 fully saturated rings. The second-order valence-corrected chi connectivity index (χ2v) is 6.17. The highest BCUT2D eigenvalue weighted by Crippen LogP contribution is 2.30. The minimum Gasteiger partial charge on any atom is -0.355 e. The standard InChI is InChI=1S/C13H16ClNOS/c1-9(13(16)15-8-10-6-7-10)17-12-5-3-2-4-11(12)14/h2-5,9-10H,6-8H2,1H3,(H,15,16). The highest BCUT2D eigenvalue weighted by atomic mass is 35.5. The van der Waals surface area contributed by atoms with Gasteiger partial charge < -0.3 is 5.32 Å². The summed E-state index contributed by atoms with van der Waals surface area (Å²) in [6.45, 7) is 2.74. The molecule has 0 heterocycles. The molecule has 1 N–H and O–H groups in total. The normalized spacial score (nSPS) is 16.6. The zero-order valence-electron chi connectivity index (χ0n) is 9.78. The van der Waals surface area contributed by atoms with Gasteiger partial charge in [0.05, 0.1) is 10.3 Å². The number of benzene rings is 1. The number of hydrogen-bond donors (Lipinski definition) is 1. The second kappa shape index (κ2) is 5.78. The molecule has 0 bridgehead atoms. The summed E-state index contributed by atoms with van der Waals surface area (Å²) in [6, 6.07) is 7.61. The first-order chi connectivity index (χ1) is 8.16. The topological polar surface area (TPSA) is 29.1 Å². The van der Waals surface area contributed by atoms with Crippen molar-refractivity contribution in [3.05, 3.63) is 29.3 Å². The molecule has 1 atom stereocenters. The molecule has 0 aliphatic heterocycles. The molecule has 1 aliphatic rings. The van der Waals surface area contributed by atoms with Crippen molar-refractivity contribution >= 4 is 29.3 Å². The van der Waals surface area contributed by atoms with Gasteiger partial charge in [0.25, 0.3) is 0 Å². The Morgan fingerprint density at radius 2 is 2.24 bits per heavy atom. The molecule has 17 heavy (non-hydrogen) atoms. The molecule has 2 nitrogen and oxygen atoms in total. The van der Waals surface area contributed by atoms with Crippen LogP contribution >= 0.6 is 23.4 Å². The Hall–Kier alpha value is -0.670. The van der Waals surface area contributed by atoms with Gasteiger partial charge in [-0.1, -0.05) is 23.7 Å². The van der Waals surface area contributed by atoms with E-state index in [1.807, 2.05) is 31.2 Å². The van der Waals surface area contributed by atoms with Crippen LogP contribution in [-0.4, -0.2) is 17.7 Å². The molecule has 1 aliphatic carbocycles. The van der Waals surface area contributed by atoms with Crippen LogP contribution in [-0.2, 0) is 4.79 Å². The van der Waals surface area contributed by atoms with Crippen LogP contribution in [0.1, 0.15) is 19.8 Å². The van der Waals surface area contributed by atoms with Crippen molar-refractivity contribution in [1.29, 1.82) is 0 Å². The van der Waals surface area contributed by atoms with Crippen LogP contribution in [0.3, 0.4) is 0 Å². The molecule has 1 amide bonds. The van der Waals surface area contributed by atoms with Crippen molar-refractivity contribution in [3.63, 3.8) is 0 Å². The largest absolute Gasteiger partial charge is 0.355 e. The van der Waals surface area contributed by atoms with Gasteiger partial charge in [0.2, 0.25) is 5.91 Å². The van der Waals surface area contributed by atoms with Gasteiger partial charge in [0, 0.05) is 11.4 Å². The number of halogens is 1. The van der Waals surface area contributed by atoms with Gasteiger partial charge in [0.1, 0.15) is 0 Å². The lowest BCUT2D eigenvalue weighted by Crippen LogP contribution is -2.32. The van der Waals surface area contributed by atoms with E-state index in [1.54, 1.807) is 0 Å². The maximum absolute atomic E-state index is 11.8. The molecule has 1 unspecified atom stereocenters. The number of hydrogen-bond acceptors (Lipinski definition) is 2. The van der Waals surface area contributed by atoms with E-state index in [0.717, 1.165) is 17.4 Å². The average molecular weight is 270 g/mol. The van der Waals surface area contributed by atoms with E-state index >= 15 is 0 Å². The van der Waals surface area contributed by atoms with Crippen LogP contribution < -0.4 is 5.32 Å². The van der Waals surface area contributed by atoms with Crippen LogP contribution in [0.5, 0.6) is 0 Å². The quantitative estimate of drug-likeness (QED) is 0.831. The monoisotopic (exact) mass is 269 g/mol. The smallest absolute Gasteiger partial charge is 0.233 e. The van der Waals surface area contributed by atoms with Crippen LogP contribution in [0.4, 0.5) is 0 Å². The van der Waals surface area contributed by atoms with E-state index in [9.17, 15) is 4.79 Å². The third-order valence-corrected chi connectivity index (χ3v) is 4.39. The van der Waals surface area contributed by atoms with Crippen LogP contribution in [0.15, 0.2) is 29.2 Å². The van der Waals surface area contributed by atoms with Gasteiger partial charge in [-0.05, 0) is 37.8 Å². The van der Waals surface area contributed by atoms with Gasteiger partial charge in [-0.15, -0.1) is 11.8 Å². The third-order valence-electron chi connectivity index (χ3n) is 2.77. The first kappa shape index (κ1) is 12.8. The van der Waals surface area contributed by atoms with Gasteiger partial charge in [-0.25, -0.2) is 0 Å². The van der Waals surface area contributed by atoms with Gasteiger partial charge in [0.15, 0.2) is 0 Å². The summed E-state index contributed by atoms with van der Waals surface area (Å²) in [7, 11) is 0. The van der Waals surface area contributed by atoms with Gasteiger partial charge in [-0.2, -0.15) is 0 Å². The lowest BCUT2D eigenvalue weighted by Gasteiger charge is -2.12. The maximum Gasteiger partial charge on any atom is 0.233 e. The zero-order valence-corrected chi connectivity index (χ0v) is 11.4. The van der Waals surface area contributed by atoms with Crippen LogP contribution in [0.2, 0.25) is 5.02 Å². The Morgan fingerprint density at radius 1 is 1.53 bits per heavy atom. The Morgan fingerprint density at radius 3 is 2.88 bits per heavy atom. The molecule has 0 saturated heterocycles. The number of nitrogens with one attached hydrogen (secondary N) is 1. The molecule has 1 aromatic carbocycles. The first-order valence-corrected chi connectivity index (χ1v) is 7.11. The van der Waals surface area contributed by atoms with Crippen molar-refractivity contribution in [1.82, 2.24) is 5.32 Å². The number of carbonyl (C=O) groups excluding carboxylic acids is 1. The Bertz CT molecular complexity index is 406. The van der Waals surface area contributed by atoms with E-state index < -0.39 is 0 Å². The van der Waals surface area contributed by atoms with Crippen molar-refractivity contribution in [2.45, 2.75) is 29.9 Å². The van der Waals surface area contributed by atoms with Crippen molar-refractivity contribution in [2.75, 3.05) is 6.54 Å². The fourth-order valence-electron chi connectivity index (χ4n) is 1.49. The second-order valence-electron chi connectivity index (χ2n) is 4.38. The molecule has 1 aromatic rings. The van der Waals surface area contributed by atoms with Crippen LogP contribution in [0, 0.1) is 5.92 Å². The average Bonchev–Trinajstić information content (AvgIpc) is 3.13. The molecular weight excluding hydrogens is 254 g/mol. The molecule has 4 heteroatoms. The van der Waals surface area contributed by atoms with E-state index in [2.05, 4.69) is 5.32 Å². The Kier molecular flexibility index (Phi) is 4.35. The summed E-state index contributed by atoms with van der Waals surface area (Å²) in [5.74, 6) is 0.818. The highest BCUT2D eigenvalue weighted by molar-refractivity contribution is 8.00. The summed E-state index contributed by atoms with van der Waals surface area (Å²) < 4.78 is 0. The van der Waals surface area contributed by atoms with Crippen LogP contribution in [0.25, 0.3) is 0 Å². The predicted molar refractivity (Wildman–Crippen MR) is 72.5 cm³/mol. The summed E-state index contributed by atoms with van der Waals surface area (Å²) in [5.41, 5.74) is 0. The van der Waals surface area contributed by atoms with E-state index in [4.69, 9.17) is 11.6 Å². The Labute approximate surface area is 111 Å². The number of rotatable bonds is 5. The predicted octanol–water partition coefficient (Wildman–Crippen LogP) is 3.35.